The number of carbonyl (C=O) groups is 2. The first-order valence-electron chi connectivity index (χ1n) is 11.6. The number of amides is 1. The molecule has 36 heavy (non-hydrogen) atoms. The Labute approximate surface area is 220 Å². The normalized spacial score (nSPS) is 17.2. The number of anilines is 1. The van der Waals surface area contributed by atoms with Crippen LogP contribution >= 0.6 is 23.2 Å². The van der Waals surface area contributed by atoms with Crippen LogP contribution in [0.3, 0.4) is 0 Å². The van der Waals surface area contributed by atoms with Gasteiger partial charge in [-0.1, -0.05) is 61.3 Å². The number of benzene rings is 3. The lowest BCUT2D eigenvalue weighted by molar-refractivity contribution is -0.132. The van der Waals surface area contributed by atoms with Crippen LogP contribution in [-0.4, -0.2) is 23.9 Å². The third kappa shape index (κ3) is 4.38. The number of aryl methyl sites for hydroxylation is 2. The van der Waals surface area contributed by atoms with E-state index >= 15 is 0 Å². The molecule has 1 aliphatic heterocycles. The average Bonchev–Trinajstić information content (AvgIpc) is 3.10. The molecule has 1 heterocycles. The zero-order valence-electron chi connectivity index (χ0n) is 20.7. The number of Topliss-reactive ketones (excluding diaryl/α,β-unsaturated/α-hetero) is 1. The summed E-state index contributed by atoms with van der Waals surface area (Å²) in [6, 6.07) is 15.1. The second-order valence-electron chi connectivity index (χ2n) is 9.19. The van der Waals surface area contributed by atoms with E-state index in [0.717, 1.165) is 22.3 Å². The van der Waals surface area contributed by atoms with E-state index in [-0.39, 0.29) is 22.3 Å². The highest BCUT2D eigenvalue weighted by Gasteiger charge is 2.47. The smallest absolute Gasteiger partial charge is 0.300 e. The Balaban J connectivity index is 2.01. The number of aliphatic hydroxyl groups excluding tert-OH is 1. The van der Waals surface area contributed by atoms with Crippen molar-refractivity contribution in [3.8, 4) is 5.75 Å². The van der Waals surface area contributed by atoms with Crippen LogP contribution in [0.2, 0.25) is 10.0 Å². The Kier molecular flexibility index (Phi) is 7.17. The van der Waals surface area contributed by atoms with E-state index in [2.05, 4.69) is 0 Å². The number of carbonyl (C=O) groups excluding carboxylic acids is 2. The Hall–Kier alpha value is -3.28. The third-order valence-electron chi connectivity index (χ3n) is 6.56. The molecule has 1 amide bonds. The number of hydrogen-bond acceptors (Lipinski definition) is 4. The van der Waals surface area contributed by atoms with Crippen molar-refractivity contribution in [3.63, 3.8) is 0 Å². The van der Waals surface area contributed by atoms with Crippen molar-refractivity contribution in [3.05, 3.63) is 98.0 Å². The first kappa shape index (κ1) is 25.8. The van der Waals surface area contributed by atoms with Gasteiger partial charge in [-0.25, -0.2) is 0 Å². The molecule has 7 heteroatoms. The number of ketones is 1. The van der Waals surface area contributed by atoms with Crippen LogP contribution in [0, 0.1) is 13.8 Å². The number of nitrogens with zero attached hydrogens (tertiary/aromatic N) is 1. The lowest BCUT2D eigenvalue weighted by Gasteiger charge is -2.27. The maximum Gasteiger partial charge on any atom is 0.300 e. The summed E-state index contributed by atoms with van der Waals surface area (Å²) in [6.07, 6.45) is 0. The lowest BCUT2D eigenvalue weighted by Crippen LogP contribution is -2.29. The molecule has 5 nitrogen and oxygen atoms in total. The van der Waals surface area contributed by atoms with Gasteiger partial charge in [-0.15, -0.1) is 0 Å². The second kappa shape index (κ2) is 10.00. The van der Waals surface area contributed by atoms with Crippen LogP contribution in [0.4, 0.5) is 5.69 Å². The van der Waals surface area contributed by atoms with Gasteiger partial charge in [0.25, 0.3) is 11.7 Å². The topological polar surface area (TPSA) is 66.8 Å². The predicted molar refractivity (Wildman–Crippen MR) is 144 cm³/mol. The zero-order valence-corrected chi connectivity index (χ0v) is 22.2. The summed E-state index contributed by atoms with van der Waals surface area (Å²) in [7, 11) is 1.60. The summed E-state index contributed by atoms with van der Waals surface area (Å²) in [5, 5.41) is 12.2. The molecule has 1 aliphatic rings. The minimum Gasteiger partial charge on any atom is -0.507 e. The second-order valence-corrected chi connectivity index (χ2v) is 10.0. The number of halogens is 2. The highest BCUT2D eigenvalue weighted by atomic mass is 35.5. The zero-order chi connectivity index (χ0) is 26.3. The van der Waals surface area contributed by atoms with Crippen LogP contribution in [0.1, 0.15) is 53.6 Å². The molecule has 0 spiro atoms. The van der Waals surface area contributed by atoms with Crippen molar-refractivity contribution < 1.29 is 19.4 Å². The monoisotopic (exact) mass is 523 g/mol. The van der Waals surface area contributed by atoms with Gasteiger partial charge in [0.2, 0.25) is 0 Å². The summed E-state index contributed by atoms with van der Waals surface area (Å²) >= 11 is 12.4. The van der Waals surface area contributed by atoms with E-state index in [9.17, 15) is 14.7 Å². The van der Waals surface area contributed by atoms with Crippen molar-refractivity contribution >= 4 is 46.3 Å². The molecule has 0 aromatic heterocycles. The standard InChI is InChI=1S/C29H27Cl2NO4/c1-15(2)20-14-21(17(4)12-24(20)36-5)27(33)25-26(19-9-7-6-8-16(19)3)32(29(35)28(25)34)18-10-11-22(30)23(31)13-18/h6-15,26,33H,1-5H3/b27-25+. The highest BCUT2D eigenvalue weighted by molar-refractivity contribution is 6.52. The number of hydrogen-bond donors (Lipinski definition) is 1. The highest BCUT2D eigenvalue weighted by Crippen LogP contribution is 2.45. The first-order chi connectivity index (χ1) is 17.1. The number of ether oxygens (including phenoxy) is 1. The Morgan fingerprint density at radius 1 is 0.972 bits per heavy atom. The molecule has 0 radical (unpaired) electrons. The average molecular weight is 524 g/mol. The molecule has 1 N–H and O–H groups in total. The lowest BCUT2D eigenvalue weighted by atomic mass is 9.89. The molecule has 1 atom stereocenters. The van der Waals surface area contributed by atoms with E-state index in [1.165, 1.54) is 4.90 Å². The molecular formula is C29H27Cl2NO4. The molecule has 186 valence electrons. The fraction of sp³-hybridized carbons (Fsp3) is 0.241. The van der Waals surface area contributed by atoms with Gasteiger partial charge in [0, 0.05) is 11.3 Å². The summed E-state index contributed by atoms with van der Waals surface area (Å²) < 4.78 is 5.54. The molecule has 1 saturated heterocycles. The Bertz CT molecular complexity index is 1410. The summed E-state index contributed by atoms with van der Waals surface area (Å²) in [5.41, 5.74) is 4.10. The minimum atomic E-state index is -0.854. The van der Waals surface area contributed by atoms with Crippen molar-refractivity contribution in [1.29, 1.82) is 0 Å². The Morgan fingerprint density at radius 2 is 1.67 bits per heavy atom. The van der Waals surface area contributed by atoms with E-state index in [0.29, 0.717) is 22.0 Å². The summed E-state index contributed by atoms with van der Waals surface area (Å²) in [4.78, 5) is 28.3. The molecule has 3 aromatic carbocycles. The fourth-order valence-corrected chi connectivity index (χ4v) is 4.94. The van der Waals surface area contributed by atoms with Crippen molar-refractivity contribution in [2.45, 2.75) is 39.7 Å². The fourth-order valence-electron chi connectivity index (χ4n) is 4.65. The first-order valence-corrected chi connectivity index (χ1v) is 12.3. The minimum absolute atomic E-state index is 0.0170. The van der Waals surface area contributed by atoms with Crippen LogP contribution in [0.5, 0.6) is 5.75 Å². The number of aliphatic hydroxyl groups is 1. The SMILES string of the molecule is COc1cc(C)c(/C(O)=C2\C(=O)C(=O)N(c3ccc(Cl)c(Cl)c3)C2c2ccccc2C)cc1C(C)C. The quantitative estimate of drug-likeness (QED) is 0.215. The van der Waals surface area contributed by atoms with Crippen molar-refractivity contribution in [2.24, 2.45) is 0 Å². The van der Waals surface area contributed by atoms with Crippen molar-refractivity contribution in [1.82, 2.24) is 0 Å². The van der Waals surface area contributed by atoms with Crippen LogP contribution < -0.4 is 9.64 Å². The van der Waals surface area contributed by atoms with E-state index in [1.807, 2.05) is 64.1 Å². The van der Waals surface area contributed by atoms with Gasteiger partial charge >= 0.3 is 0 Å². The maximum atomic E-state index is 13.5. The number of rotatable bonds is 5. The van der Waals surface area contributed by atoms with Gasteiger partial charge in [-0.2, -0.15) is 0 Å². The maximum absolute atomic E-state index is 13.5. The predicted octanol–water partition coefficient (Wildman–Crippen LogP) is 7.37. The summed E-state index contributed by atoms with van der Waals surface area (Å²) in [5.74, 6) is -0.943. The Morgan fingerprint density at radius 3 is 2.28 bits per heavy atom. The van der Waals surface area contributed by atoms with Crippen LogP contribution in [-0.2, 0) is 9.59 Å². The third-order valence-corrected chi connectivity index (χ3v) is 7.30. The van der Waals surface area contributed by atoms with Gasteiger partial charge in [0.1, 0.15) is 11.5 Å². The molecule has 0 saturated carbocycles. The molecule has 0 aliphatic carbocycles. The molecule has 1 fully saturated rings. The van der Waals surface area contributed by atoms with Gasteiger partial charge in [0.15, 0.2) is 0 Å². The molecule has 4 rings (SSSR count). The van der Waals surface area contributed by atoms with E-state index < -0.39 is 17.7 Å². The van der Waals surface area contributed by atoms with Crippen LogP contribution in [0.15, 0.2) is 60.2 Å². The van der Waals surface area contributed by atoms with Gasteiger partial charge in [-0.05, 0) is 72.4 Å². The van der Waals surface area contributed by atoms with Gasteiger partial charge < -0.3 is 9.84 Å². The molecule has 1 unspecified atom stereocenters. The largest absolute Gasteiger partial charge is 0.507 e. The molecule has 3 aromatic rings. The molecule has 0 bridgehead atoms. The number of methoxy groups -OCH3 is 1. The van der Waals surface area contributed by atoms with Crippen LogP contribution in [0.25, 0.3) is 5.76 Å². The van der Waals surface area contributed by atoms with Crippen molar-refractivity contribution in [2.75, 3.05) is 12.0 Å². The molecular weight excluding hydrogens is 497 g/mol. The summed E-state index contributed by atoms with van der Waals surface area (Å²) in [6.45, 7) is 7.78. The van der Waals surface area contributed by atoms with E-state index in [4.69, 9.17) is 27.9 Å². The van der Waals surface area contributed by atoms with E-state index in [1.54, 1.807) is 25.3 Å². The van der Waals surface area contributed by atoms with Gasteiger partial charge in [0.05, 0.1) is 28.8 Å². The van der Waals surface area contributed by atoms with Gasteiger partial charge in [-0.3, -0.25) is 14.5 Å².